The number of imidazole rings is 2. The van der Waals surface area contributed by atoms with Crippen molar-refractivity contribution in [1.82, 2.24) is 28.7 Å². The number of thiazole rings is 1. The molecule has 0 bridgehead atoms. The summed E-state index contributed by atoms with van der Waals surface area (Å²) in [5.74, 6) is 0.709. The molecule has 0 N–H and O–H groups in total. The van der Waals surface area contributed by atoms with Gasteiger partial charge in [0.2, 0.25) is 0 Å². The molecule has 0 atom stereocenters. The molecule has 0 fully saturated rings. The van der Waals surface area contributed by atoms with Crippen LogP contribution in [0.5, 0.6) is 0 Å². The summed E-state index contributed by atoms with van der Waals surface area (Å²) in [4.78, 5) is 26.7. The van der Waals surface area contributed by atoms with E-state index in [1.807, 2.05) is 22.1 Å². The number of halogens is 2. The van der Waals surface area contributed by atoms with Gasteiger partial charge in [-0.3, -0.25) is 13.9 Å². The van der Waals surface area contributed by atoms with Gasteiger partial charge in [0.15, 0.2) is 5.13 Å². The fourth-order valence-corrected chi connectivity index (χ4v) is 4.61. The molecule has 5 rings (SSSR count). The molecule has 0 saturated carbocycles. The summed E-state index contributed by atoms with van der Waals surface area (Å²) < 4.78 is 18.0. The van der Waals surface area contributed by atoms with E-state index in [2.05, 4.69) is 9.97 Å². The van der Waals surface area contributed by atoms with Gasteiger partial charge in [-0.15, -0.1) is 11.3 Å². The first-order chi connectivity index (χ1) is 15.2. The van der Waals surface area contributed by atoms with Crippen LogP contribution in [0.4, 0.5) is 4.39 Å². The molecule has 7 nitrogen and oxygen atoms in total. The van der Waals surface area contributed by atoms with Crippen LogP contribution in [-0.4, -0.2) is 35.3 Å². The zero-order chi connectivity index (χ0) is 21.4. The van der Waals surface area contributed by atoms with Crippen LogP contribution in [0.25, 0.3) is 27.2 Å². The predicted octanol–water partition coefficient (Wildman–Crippen LogP) is 4.44. The van der Waals surface area contributed by atoms with Gasteiger partial charge in [-0.1, -0.05) is 11.6 Å². The highest BCUT2D eigenvalue weighted by Crippen LogP contribution is 2.23. The topological polar surface area (TPSA) is 70.5 Å². The van der Waals surface area contributed by atoms with Gasteiger partial charge in [0.05, 0.1) is 41.5 Å². The molecule has 4 heterocycles. The molecule has 4 aromatic heterocycles. The van der Waals surface area contributed by atoms with Crippen LogP contribution in [-0.2, 0) is 13.1 Å². The number of hydrogen-bond donors (Lipinski definition) is 0. The van der Waals surface area contributed by atoms with Crippen molar-refractivity contribution in [1.29, 1.82) is 0 Å². The van der Waals surface area contributed by atoms with E-state index in [1.54, 1.807) is 39.9 Å². The van der Waals surface area contributed by atoms with Crippen molar-refractivity contribution in [3.05, 3.63) is 69.6 Å². The lowest BCUT2D eigenvalue weighted by atomic mass is 10.3. The molecule has 5 aromatic rings. The number of nitrogens with zero attached hydrogens (tertiary/aromatic N) is 6. The zero-order valence-electron chi connectivity index (χ0n) is 16.4. The third-order valence-electron chi connectivity index (χ3n) is 5.20. The number of aromatic nitrogens is 6. The first-order valence-electron chi connectivity index (χ1n) is 9.83. The Kier molecular flexibility index (Phi) is 5.29. The number of alkyl halides is 1. The van der Waals surface area contributed by atoms with Crippen molar-refractivity contribution in [3.63, 3.8) is 0 Å². The van der Waals surface area contributed by atoms with Crippen molar-refractivity contribution in [2.75, 3.05) is 6.67 Å². The molecule has 0 aliphatic heterocycles. The maximum Gasteiger partial charge on any atom is 0.336 e. The van der Waals surface area contributed by atoms with Gasteiger partial charge < -0.3 is 4.57 Å². The third-order valence-corrected chi connectivity index (χ3v) is 6.19. The lowest BCUT2D eigenvalue weighted by Gasteiger charge is -2.09. The van der Waals surface area contributed by atoms with E-state index in [9.17, 15) is 9.18 Å². The highest BCUT2D eigenvalue weighted by molar-refractivity contribution is 7.12. The van der Waals surface area contributed by atoms with Gasteiger partial charge in [-0.05, 0) is 37.1 Å². The average molecular weight is 457 g/mol. The zero-order valence-corrected chi connectivity index (χ0v) is 18.0. The van der Waals surface area contributed by atoms with Crippen LogP contribution in [0.15, 0.2) is 53.0 Å². The number of aryl methyl sites for hydroxylation is 1. The van der Waals surface area contributed by atoms with Gasteiger partial charge in [-0.25, -0.2) is 19.3 Å². The lowest BCUT2D eigenvalue weighted by Crippen LogP contribution is -2.25. The Balaban J connectivity index is 1.66. The van der Waals surface area contributed by atoms with Gasteiger partial charge in [0.1, 0.15) is 5.82 Å². The summed E-state index contributed by atoms with van der Waals surface area (Å²) in [6.45, 7) is 0.497. The van der Waals surface area contributed by atoms with Crippen LogP contribution in [0.1, 0.15) is 18.7 Å². The normalized spacial score (nSPS) is 11.7. The average Bonchev–Trinajstić information content (AvgIpc) is 3.46. The van der Waals surface area contributed by atoms with E-state index in [1.165, 1.54) is 11.3 Å². The van der Waals surface area contributed by atoms with Crippen molar-refractivity contribution in [3.8, 4) is 5.13 Å². The van der Waals surface area contributed by atoms with Crippen molar-refractivity contribution < 1.29 is 4.39 Å². The first-order valence-corrected chi connectivity index (χ1v) is 11.1. The predicted molar refractivity (Wildman–Crippen MR) is 120 cm³/mol. The minimum Gasteiger partial charge on any atom is -0.326 e. The molecular formula is C21H18ClFN6OS. The molecule has 1 aromatic carbocycles. The standard InChI is InChI=1S/C21H18ClFN6OS/c22-14-3-4-16-15(11-14)26-19(27(16)9-2-1-6-23)13-28-18-12-24-7-5-17(18)29(21(28)30)20-25-8-10-31-20/h3-5,7-8,10-12H,1-2,6,9,13H2. The summed E-state index contributed by atoms with van der Waals surface area (Å²) >= 11 is 7.55. The van der Waals surface area contributed by atoms with E-state index >= 15 is 0 Å². The maximum atomic E-state index is 13.4. The van der Waals surface area contributed by atoms with Gasteiger partial charge in [0.25, 0.3) is 0 Å². The highest BCUT2D eigenvalue weighted by Gasteiger charge is 2.19. The molecule has 0 unspecified atom stereocenters. The first kappa shape index (κ1) is 19.9. The minimum absolute atomic E-state index is 0.210. The lowest BCUT2D eigenvalue weighted by molar-refractivity contribution is 0.446. The molecule has 0 aliphatic carbocycles. The van der Waals surface area contributed by atoms with Crippen LogP contribution >= 0.6 is 22.9 Å². The summed E-state index contributed by atoms with van der Waals surface area (Å²) in [5.41, 5.74) is 2.88. The van der Waals surface area contributed by atoms with E-state index < -0.39 is 0 Å². The number of rotatable bonds is 7. The monoisotopic (exact) mass is 456 g/mol. The summed E-state index contributed by atoms with van der Waals surface area (Å²) in [6, 6.07) is 7.33. The Morgan fingerprint density at radius 2 is 1.97 bits per heavy atom. The molecule has 31 heavy (non-hydrogen) atoms. The summed E-state index contributed by atoms with van der Waals surface area (Å²) in [7, 11) is 0. The fourth-order valence-electron chi connectivity index (χ4n) is 3.80. The van der Waals surface area contributed by atoms with Crippen LogP contribution < -0.4 is 5.69 Å². The second-order valence-corrected chi connectivity index (χ2v) is 8.40. The second kappa shape index (κ2) is 8.24. The maximum absolute atomic E-state index is 13.4. The Hall–Kier alpha value is -3.04. The smallest absolute Gasteiger partial charge is 0.326 e. The quantitative estimate of drug-likeness (QED) is 0.339. The summed E-state index contributed by atoms with van der Waals surface area (Å²) in [6.07, 6.45) is 6.15. The van der Waals surface area contributed by atoms with Crippen molar-refractivity contribution >= 4 is 45.0 Å². The molecule has 0 saturated heterocycles. The van der Waals surface area contributed by atoms with Gasteiger partial charge >= 0.3 is 5.69 Å². The van der Waals surface area contributed by atoms with E-state index in [4.69, 9.17) is 16.6 Å². The number of hydrogen-bond acceptors (Lipinski definition) is 5. The minimum atomic E-state index is -0.361. The molecule has 0 spiro atoms. The van der Waals surface area contributed by atoms with Gasteiger partial charge in [-0.2, -0.15) is 0 Å². The Morgan fingerprint density at radius 1 is 1.06 bits per heavy atom. The van der Waals surface area contributed by atoms with Crippen LogP contribution in [0, 0.1) is 0 Å². The summed E-state index contributed by atoms with van der Waals surface area (Å²) in [5, 5.41) is 3.03. The molecule has 158 valence electrons. The molecule has 0 amide bonds. The Labute approximate surface area is 185 Å². The van der Waals surface area contributed by atoms with E-state index in [-0.39, 0.29) is 18.9 Å². The van der Waals surface area contributed by atoms with Gasteiger partial charge in [0, 0.05) is 29.3 Å². The van der Waals surface area contributed by atoms with E-state index in [0.29, 0.717) is 40.9 Å². The van der Waals surface area contributed by atoms with Crippen molar-refractivity contribution in [2.24, 2.45) is 0 Å². The Bertz CT molecular complexity index is 1420. The molecule has 0 aliphatic rings. The number of pyridine rings is 1. The van der Waals surface area contributed by atoms with Crippen LogP contribution in [0.2, 0.25) is 5.02 Å². The molecule has 0 radical (unpaired) electrons. The second-order valence-electron chi connectivity index (χ2n) is 7.09. The number of benzene rings is 1. The highest BCUT2D eigenvalue weighted by atomic mass is 35.5. The van der Waals surface area contributed by atoms with Crippen LogP contribution in [0.3, 0.4) is 0 Å². The third kappa shape index (κ3) is 3.53. The Morgan fingerprint density at radius 3 is 2.77 bits per heavy atom. The van der Waals surface area contributed by atoms with Crippen molar-refractivity contribution in [2.45, 2.75) is 25.9 Å². The number of fused-ring (bicyclic) bond motifs is 2. The largest absolute Gasteiger partial charge is 0.336 e. The SMILES string of the molecule is O=c1n(Cc2nc3cc(Cl)ccc3n2CCCCF)c2cnccc2n1-c1nccs1. The molecule has 10 heteroatoms. The van der Waals surface area contributed by atoms with E-state index in [0.717, 1.165) is 16.6 Å². The number of unbranched alkanes of at least 4 members (excludes halogenated alkanes) is 1. The fraction of sp³-hybridized carbons (Fsp3) is 0.238. The molecular weight excluding hydrogens is 439 g/mol.